The topological polar surface area (TPSA) is 38.3 Å². The summed E-state index contributed by atoms with van der Waals surface area (Å²) in [5, 5.41) is 3.08. The van der Waals surface area contributed by atoms with Crippen LogP contribution >= 0.6 is 0 Å². The molecule has 1 N–H and O–H groups in total. The van der Waals surface area contributed by atoms with Crippen LogP contribution in [0.4, 0.5) is 0 Å². The lowest BCUT2D eigenvalue weighted by Crippen LogP contribution is -2.26. The van der Waals surface area contributed by atoms with Crippen molar-refractivity contribution in [3.63, 3.8) is 0 Å². The van der Waals surface area contributed by atoms with Crippen LogP contribution in [0.5, 0.6) is 5.75 Å². The smallest absolute Gasteiger partial charge is 0.251 e. The number of ether oxygens (including phenoxy) is 1. The zero-order valence-electron chi connectivity index (χ0n) is 13.8. The summed E-state index contributed by atoms with van der Waals surface area (Å²) in [6, 6.07) is 13.8. The van der Waals surface area contributed by atoms with Gasteiger partial charge in [0.15, 0.2) is 0 Å². The Kier molecular flexibility index (Phi) is 4.65. The van der Waals surface area contributed by atoms with Gasteiger partial charge in [0.1, 0.15) is 5.75 Å². The lowest BCUT2D eigenvalue weighted by molar-refractivity contribution is 0.0940. The Morgan fingerprint density at radius 3 is 2.61 bits per heavy atom. The van der Waals surface area contributed by atoms with E-state index in [2.05, 4.69) is 23.5 Å². The van der Waals surface area contributed by atoms with E-state index < -0.39 is 0 Å². The molecule has 1 aliphatic carbocycles. The summed E-state index contributed by atoms with van der Waals surface area (Å²) >= 11 is 0. The van der Waals surface area contributed by atoms with Gasteiger partial charge in [0.2, 0.25) is 0 Å². The summed E-state index contributed by atoms with van der Waals surface area (Å²) in [5.41, 5.74) is 4.72. The van der Waals surface area contributed by atoms with Crippen molar-refractivity contribution >= 4 is 5.91 Å². The second-order valence-electron chi connectivity index (χ2n) is 6.03. The van der Waals surface area contributed by atoms with Crippen molar-refractivity contribution in [2.45, 2.75) is 39.2 Å². The fourth-order valence-corrected chi connectivity index (χ4v) is 3.09. The molecule has 120 valence electrons. The van der Waals surface area contributed by atoms with Crippen LogP contribution in [0.1, 0.15) is 53.4 Å². The van der Waals surface area contributed by atoms with Crippen molar-refractivity contribution in [1.29, 1.82) is 0 Å². The zero-order valence-corrected chi connectivity index (χ0v) is 13.8. The van der Waals surface area contributed by atoms with Crippen LogP contribution in [-0.2, 0) is 12.8 Å². The normalized spacial score (nSPS) is 14.2. The van der Waals surface area contributed by atoms with Gasteiger partial charge >= 0.3 is 0 Å². The fourth-order valence-electron chi connectivity index (χ4n) is 3.09. The Morgan fingerprint density at radius 2 is 1.87 bits per heavy atom. The van der Waals surface area contributed by atoms with Gasteiger partial charge in [-0.05, 0) is 74.1 Å². The van der Waals surface area contributed by atoms with Crippen molar-refractivity contribution in [1.82, 2.24) is 5.32 Å². The average Bonchev–Trinajstić information content (AvgIpc) is 3.03. The Bertz CT molecular complexity index is 691. The second kappa shape index (κ2) is 6.86. The summed E-state index contributed by atoms with van der Waals surface area (Å²) < 4.78 is 5.40. The summed E-state index contributed by atoms with van der Waals surface area (Å²) in [5.74, 6) is 0.733. The van der Waals surface area contributed by atoms with Gasteiger partial charge in [-0.25, -0.2) is 0 Å². The summed E-state index contributed by atoms with van der Waals surface area (Å²) in [4.78, 5) is 12.4. The Balaban J connectivity index is 1.67. The third-order valence-electron chi connectivity index (χ3n) is 4.40. The standard InChI is InChI=1S/C20H23NO2/c1-3-23-19-11-9-16(10-12-19)20(22)21-14(2)17-8-7-15-5-4-6-18(15)13-17/h7-14H,3-6H2,1-2H3,(H,21,22)/t14-/m0/s1. The van der Waals surface area contributed by atoms with E-state index in [4.69, 9.17) is 4.74 Å². The molecule has 23 heavy (non-hydrogen) atoms. The van der Waals surface area contributed by atoms with Crippen LogP contribution in [0, 0.1) is 0 Å². The predicted octanol–water partition coefficient (Wildman–Crippen LogP) is 4.07. The third-order valence-corrected chi connectivity index (χ3v) is 4.40. The third kappa shape index (κ3) is 3.55. The maximum Gasteiger partial charge on any atom is 0.251 e. The van der Waals surface area contributed by atoms with Crippen LogP contribution in [0.25, 0.3) is 0 Å². The van der Waals surface area contributed by atoms with Crippen molar-refractivity contribution in [3.05, 3.63) is 64.7 Å². The molecule has 0 saturated carbocycles. The van der Waals surface area contributed by atoms with Gasteiger partial charge in [-0.3, -0.25) is 4.79 Å². The molecule has 3 nitrogen and oxygen atoms in total. The van der Waals surface area contributed by atoms with E-state index in [0.29, 0.717) is 12.2 Å². The Labute approximate surface area is 137 Å². The van der Waals surface area contributed by atoms with Crippen LogP contribution in [0.15, 0.2) is 42.5 Å². The highest BCUT2D eigenvalue weighted by molar-refractivity contribution is 5.94. The van der Waals surface area contributed by atoms with Gasteiger partial charge in [0, 0.05) is 5.56 Å². The zero-order chi connectivity index (χ0) is 16.2. The molecular weight excluding hydrogens is 286 g/mol. The van der Waals surface area contributed by atoms with Gasteiger partial charge in [-0.1, -0.05) is 18.2 Å². The molecule has 3 rings (SSSR count). The molecule has 0 spiro atoms. The van der Waals surface area contributed by atoms with Gasteiger partial charge < -0.3 is 10.1 Å². The van der Waals surface area contributed by atoms with E-state index in [0.717, 1.165) is 12.2 Å². The molecule has 1 atom stereocenters. The molecule has 0 aromatic heterocycles. The molecule has 0 radical (unpaired) electrons. The first-order valence-electron chi connectivity index (χ1n) is 8.33. The minimum Gasteiger partial charge on any atom is -0.494 e. The molecule has 1 aliphatic rings. The van der Waals surface area contributed by atoms with E-state index in [-0.39, 0.29) is 11.9 Å². The van der Waals surface area contributed by atoms with Crippen LogP contribution < -0.4 is 10.1 Å². The summed E-state index contributed by atoms with van der Waals surface area (Å²) in [6.07, 6.45) is 3.58. The van der Waals surface area contributed by atoms with Gasteiger partial charge in [-0.2, -0.15) is 0 Å². The molecule has 2 aromatic rings. The first kappa shape index (κ1) is 15.6. The number of fused-ring (bicyclic) bond motifs is 1. The maximum absolute atomic E-state index is 12.4. The largest absolute Gasteiger partial charge is 0.494 e. The molecule has 0 unspecified atom stereocenters. The van der Waals surface area contributed by atoms with E-state index >= 15 is 0 Å². The van der Waals surface area contributed by atoms with Gasteiger partial charge in [0.25, 0.3) is 5.91 Å². The van der Waals surface area contributed by atoms with E-state index in [1.165, 1.54) is 29.5 Å². The maximum atomic E-state index is 12.4. The SMILES string of the molecule is CCOc1ccc(C(=O)N[C@@H](C)c2ccc3c(c2)CCC3)cc1. The molecule has 0 bridgehead atoms. The quantitative estimate of drug-likeness (QED) is 0.904. The number of nitrogens with one attached hydrogen (secondary N) is 1. The number of carbonyl (C=O) groups excluding carboxylic acids is 1. The minimum absolute atomic E-state index is 0.0000293. The lowest BCUT2D eigenvalue weighted by Gasteiger charge is -2.16. The monoisotopic (exact) mass is 309 g/mol. The summed E-state index contributed by atoms with van der Waals surface area (Å²) in [6.45, 7) is 4.60. The highest BCUT2D eigenvalue weighted by atomic mass is 16.5. The second-order valence-corrected chi connectivity index (χ2v) is 6.03. The predicted molar refractivity (Wildman–Crippen MR) is 92.0 cm³/mol. The Morgan fingerprint density at radius 1 is 1.13 bits per heavy atom. The summed E-state index contributed by atoms with van der Waals surface area (Å²) in [7, 11) is 0. The number of amides is 1. The fraction of sp³-hybridized carbons (Fsp3) is 0.350. The lowest BCUT2D eigenvalue weighted by atomic mass is 10.0. The van der Waals surface area contributed by atoms with Crippen molar-refractivity contribution < 1.29 is 9.53 Å². The van der Waals surface area contributed by atoms with E-state index in [1.807, 2.05) is 26.0 Å². The highest BCUT2D eigenvalue weighted by Gasteiger charge is 2.15. The van der Waals surface area contributed by atoms with Crippen molar-refractivity contribution in [3.8, 4) is 5.75 Å². The van der Waals surface area contributed by atoms with Crippen LogP contribution in [-0.4, -0.2) is 12.5 Å². The number of rotatable bonds is 5. The number of aryl methyl sites for hydroxylation is 2. The highest BCUT2D eigenvalue weighted by Crippen LogP contribution is 2.25. The molecule has 2 aromatic carbocycles. The molecule has 0 heterocycles. The number of hydrogen-bond donors (Lipinski definition) is 1. The van der Waals surface area contributed by atoms with Crippen molar-refractivity contribution in [2.24, 2.45) is 0 Å². The Hall–Kier alpha value is -2.29. The molecule has 0 saturated heterocycles. The molecule has 3 heteroatoms. The van der Waals surface area contributed by atoms with Crippen LogP contribution in [0.2, 0.25) is 0 Å². The number of benzene rings is 2. The van der Waals surface area contributed by atoms with Crippen LogP contribution in [0.3, 0.4) is 0 Å². The minimum atomic E-state index is -0.0546. The molecule has 1 amide bonds. The first-order chi connectivity index (χ1) is 11.2. The van der Waals surface area contributed by atoms with E-state index in [9.17, 15) is 4.79 Å². The molecule has 0 fully saturated rings. The number of carbonyl (C=O) groups is 1. The molecule has 0 aliphatic heterocycles. The molecular formula is C20H23NO2. The first-order valence-corrected chi connectivity index (χ1v) is 8.33. The van der Waals surface area contributed by atoms with Gasteiger partial charge in [-0.15, -0.1) is 0 Å². The van der Waals surface area contributed by atoms with E-state index in [1.54, 1.807) is 12.1 Å². The number of hydrogen-bond acceptors (Lipinski definition) is 2. The van der Waals surface area contributed by atoms with Crippen molar-refractivity contribution in [2.75, 3.05) is 6.61 Å². The van der Waals surface area contributed by atoms with Gasteiger partial charge in [0.05, 0.1) is 12.6 Å². The average molecular weight is 309 g/mol.